The van der Waals surface area contributed by atoms with E-state index in [4.69, 9.17) is 5.11 Å². The molecule has 174 valence electrons. The van der Waals surface area contributed by atoms with E-state index in [-0.39, 0.29) is 24.2 Å². The zero-order valence-corrected chi connectivity index (χ0v) is 19.8. The highest BCUT2D eigenvalue weighted by Gasteiger charge is 2.20. The van der Waals surface area contributed by atoms with E-state index in [9.17, 15) is 9.90 Å². The minimum Gasteiger partial charge on any atom is -0.508 e. The summed E-state index contributed by atoms with van der Waals surface area (Å²) in [5.41, 5.74) is 4.92. The summed E-state index contributed by atoms with van der Waals surface area (Å²) in [6.07, 6.45) is 0. The van der Waals surface area contributed by atoms with Crippen LogP contribution in [0.2, 0.25) is 0 Å². The maximum atomic E-state index is 13.3. The van der Waals surface area contributed by atoms with Crippen LogP contribution >= 0.6 is 0 Å². The van der Waals surface area contributed by atoms with E-state index in [1.54, 1.807) is 12.1 Å². The molecule has 6 nitrogen and oxygen atoms in total. The summed E-state index contributed by atoms with van der Waals surface area (Å²) in [6, 6.07) is 11.7. The Kier molecular flexibility index (Phi) is 8.15. The predicted molar refractivity (Wildman–Crippen MR) is 130 cm³/mol. The summed E-state index contributed by atoms with van der Waals surface area (Å²) in [5.74, 6) is 0.369. The van der Waals surface area contributed by atoms with E-state index >= 15 is 0 Å². The molecular formula is C26H37N3O3. The Bertz CT molecular complexity index is 921. The van der Waals surface area contributed by atoms with Gasteiger partial charge in [-0.25, -0.2) is 0 Å². The van der Waals surface area contributed by atoms with Crippen molar-refractivity contribution in [1.29, 1.82) is 0 Å². The van der Waals surface area contributed by atoms with Crippen LogP contribution in [0.25, 0.3) is 0 Å². The zero-order chi connectivity index (χ0) is 23.3. The smallest absolute Gasteiger partial charge is 0.254 e. The molecule has 32 heavy (non-hydrogen) atoms. The molecule has 1 saturated heterocycles. The van der Waals surface area contributed by atoms with Crippen molar-refractivity contribution >= 4 is 11.6 Å². The van der Waals surface area contributed by atoms with E-state index in [1.807, 2.05) is 31.7 Å². The van der Waals surface area contributed by atoms with Gasteiger partial charge in [-0.2, -0.15) is 0 Å². The third kappa shape index (κ3) is 5.61. The lowest BCUT2D eigenvalue weighted by Gasteiger charge is -2.36. The van der Waals surface area contributed by atoms with Crippen LogP contribution in [0, 0.1) is 6.92 Å². The number of aliphatic hydroxyl groups excluding tert-OH is 1. The highest BCUT2D eigenvalue weighted by atomic mass is 16.3. The molecule has 0 radical (unpaired) electrons. The Morgan fingerprint density at radius 2 is 1.81 bits per heavy atom. The molecule has 0 bridgehead atoms. The van der Waals surface area contributed by atoms with Crippen LogP contribution in [0.5, 0.6) is 5.75 Å². The molecule has 6 heteroatoms. The monoisotopic (exact) mass is 439 g/mol. The number of piperazine rings is 1. The van der Waals surface area contributed by atoms with Crippen molar-refractivity contribution in [3.8, 4) is 5.75 Å². The first-order chi connectivity index (χ1) is 15.3. The average Bonchev–Trinajstić information content (AvgIpc) is 2.79. The van der Waals surface area contributed by atoms with Gasteiger partial charge in [0.05, 0.1) is 6.61 Å². The van der Waals surface area contributed by atoms with Crippen LogP contribution in [0.4, 0.5) is 5.69 Å². The number of aryl methyl sites for hydroxylation is 1. The molecule has 1 fully saturated rings. The summed E-state index contributed by atoms with van der Waals surface area (Å²) in [7, 11) is 0. The average molecular weight is 440 g/mol. The van der Waals surface area contributed by atoms with Gasteiger partial charge in [-0.05, 0) is 66.8 Å². The van der Waals surface area contributed by atoms with Gasteiger partial charge in [-0.3, -0.25) is 9.69 Å². The number of aliphatic hydroxyl groups is 1. The van der Waals surface area contributed by atoms with Gasteiger partial charge in [0.15, 0.2) is 0 Å². The third-order valence-electron chi connectivity index (χ3n) is 6.41. The van der Waals surface area contributed by atoms with Gasteiger partial charge in [-0.1, -0.05) is 19.9 Å². The van der Waals surface area contributed by atoms with Gasteiger partial charge >= 0.3 is 0 Å². The summed E-state index contributed by atoms with van der Waals surface area (Å²) in [4.78, 5) is 19.8. The molecule has 3 rings (SSSR count). The molecule has 2 aromatic carbocycles. The fourth-order valence-corrected chi connectivity index (χ4v) is 4.26. The van der Waals surface area contributed by atoms with Crippen molar-refractivity contribution in [2.24, 2.45) is 0 Å². The van der Waals surface area contributed by atoms with Crippen LogP contribution < -0.4 is 4.90 Å². The van der Waals surface area contributed by atoms with Crippen molar-refractivity contribution < 1.29 is 15.0 Å². The minimum atomic E-state index is -0.0168. The molecule has 0 atom stereocenters. The van der Waals surface area contributed by atoms with Crippen LogP contribution in [0.1, 0.15) is 53.7 Å². The predicted octanol–water partition coefficient (Wildman–Crippen LogP) is 3.60. The SMILES string of the molecule is CCN(Cc1cc(N2CCN(CCO)CC2)ccc1C)C(=O)c1ccc(O)c(C(C)C)c1. The second-order valence-corrected chi connectivity index (χ2v) is 8.91. The number of benzene rings is 2. The number of carbonyl (C=O) groups is 1. The van der Waals surface area contributed by atoms with Crippen molar-refractivity contribution in [3.63, 3.8) is 0 Å². The van der Waals surface area contributed by atoms with Crippen LogP contribution in [0.3, 0.4) is 0 Å². The standard InChI is InChI=1S/C26H37N3O3/c1-5-28(26(32)21-7-9-25(31)24(17-21)19(2)3)18-22-16-23(8-6-20(22)4)29-12-10-27(11-13-29)14-15-30/h6-9,16-17,19,30-31H,5,10-15,18H2,1-4H3. The second kappa shape index (κ2) is 10.8. The van der Waals surface area contributed by atoms with E-state index in [0.29, 0.717) is 18.7 Å². The van der Waals surface area contributed by atoms with E-state index in [0.717, 1.165) is 43.9 Å². The van der Waals surface area contributed by atoms with Gasteiger partial charge in [0.25, 0.3) is 5.91 Å². The minimum absolute atomic E-state index is 0.0168. The Balaban J connectivity index is 1.76. The zero-order valence-electron chi connectivity index (χ0n) is 19.8. The lowest BCUT2D eigenvalue weighted by atomic mass is 9.99. The molecule has 1 aliphatic rings. The number of phenols is 1. The highest BCUT2D eigenvalue weighted by molar-refractivity contribution is 5.94. The van der Waals surface area contributed by atoms with Gasteiger partial charge in [0.2, 0.25) is 0 Å². The molecule has 0 unspecified atom stereocenters. The first kappa shape index (κ1) is 24.1. The second-order valence-electron chi connectivity index (χ2n) is 8.91. The number of hydrogen-bond donors (Lipinski definition) is 2. The molecule has 1 amide bonds. The van der Waals surface area contributed by atoms with Gasteiger partial charge in [0, 0.05) is 57.1 Å². The van der Waals surface area contributed by atoms with Crippen molar-refractivity contribution in [2.45, 2.75) is 40.2 Å². The number of amides is 1. The number of aromatic hydroxyl groups is 1. The van der Waals surface area contributed by atoms with E-state index in [1.165, 1.54) is 11.3 Å². The summed E-state index contributed by atoms with van der Waals surface area (Å²) in [5, 5.41) is 19.3. The molecule has 0 saturated carbocycles. The fourth-order valence-electron chi connectivity index (χ4n) is 4.26. The molecule has 1 heterocycles. The van der Waals surface area contributed by atoms with Crippen LogP contribution in [-0.4, -0.2) is 71.8 Å². The summed E-state index contributed by atoms with van der Waals surface area (Å²) < 4.78 is 0. The number of hydrogen-bond acceptors (Lipinski definition) is 5. The maximum absolute atomic E-state index is 13.3. The quantitative estimate of drug-likeness (QED) is 0.658. The van der Waals surface area contributed by atoms with Gasteiger partial charge in [-0.15, -0.1) is 0 Å². The van der Waals surface area contributed by atoms with E-state index in [2.05, 4.69) is 34.9 Å². The van der Waals surface area contributed by atoms with Gasteiger partial charge in [0.1, 0.15) is 5.75 Å². The van der Waals surface area contributed by atoms with E-state index < -0.39 is 0 Å². The van der Waals surface area contributed by atoms with Crippen molar-refractivity contribution in [3.05, 3.63) is 58.7 Å². The molecule has 0 aromatic heterocycles. The first-order valence-corrected chi connectivity index (χ1v) is 11.6. The number of β-amino-alcohol motifs (C(OH)–C–C–N with tert-alkyl or cyclic N) is 1. The molecule has 2 N–H and O–H groups in total. The maximum Gasteiger partial charge on any atom is 0.254 e. The van der Waals surface area contributed by atoms with Crippen LogP contribution in [0.15, 0.2) is 36.4 Å². The number of anilines is 1. The van der Waals surface area contributed by atoms with Crippen molar-refractivity contribution in [1.82, 2.24) is 9.80 Å². The summed E-state index contributed by atoms with van der Waals surface area (Å²) in [6.45, 7) is 14.0. The molecule has 1 aliphatic heterocycles. The topological polar surface area (TPSA) is 67.2 Å². The first-order valence-electron chi connectivity index (χ1n) is 11.6. The lowest BCUT2D eigenvalue weighted by molar-refractivity contribution is 0.0752. The Labute approximate surface area is 192 Å². The Morgan fingerprint density at radius 1 is 1.09 bits per heavy atom. The summed E-state index contributed by atoms with van der Waals surface area (Å²) >= 11 is 0. The third-order valence-corrected chi connectivity index (χ3v) is 6.41. The molecular weight excluding hydrogens is 402 g/mol. The number of phenolic OH excluding ortho intramolecular Hbond substituents is 1. The van der Waals surface area contributed by atoms with Crippen molar-refractivity contribution in [2.75, 3.05) is 50.8 Å². The normalized spacial score (nSPS) is 14.8. The highest BCUT2D eigenvalue weighted by Crippen LogP contribution is 2.27. The fraction of sp³-hybridized carbons (Fsp3) is 0.500. The number of carbonyl (C=O) groups excluding carboxylic acids is 1. The lowest BCUT2D eigenvalue weighted by Crippen LogP contribution is -2.47. The Hall–Kier alpha value is -2.57. The molecule has 0 spiro atoms. The van der Waals surface area contributed by atoms with Crippen LogP contribution in [-0.2, 0) is 6.54 Å². The van der Waals surface area contributed by atoms with Gasteiger partial charge < -0.3 is 20.0 Å². The number of nitrogens with zero attached hydrogens (tertiary/aromatic N) is 3. The number of rotatable bonds is 8. The molecule has 0 aliphatic carbocycles. The largest absolute Gasteiger partial charge is 0.508 e. The Morgan fingerprint density at radius 3 is 2.44 bits per heavy atom. The molecule has 2 aromatic rings.